The van der Waals surface area contributed by atoms with Crippen molar-refractivity contribution >= 4 is 11.5 Å². The normalized spacial score (nSPS) is 20.2. The number of carbonyl (C=O) groups is 1. The van der Waals surface area contributed by atoms with E-state index in [1.807, 2.05) is 12.1 Å². The van der Waals surface area contributed by atoms with Crippen LogP contribution in [0.1, 0.15) is 28.8 Å². The highest BCUT2D eigenvalue weighted by atomic mass is 16.5. The molecule has 0 unspecified atom stereocenters. The molecule has 0 amide bonds. The van der Waals surface area contributed by atoms with Crippen molar-refractivity contribution in [3.8, 4) is 0 Å². The largest absolute Gasteiger partial charge is 0.378 e. The van der Waals surface area contributed by atoms with Gasteiger partial charge in [0.05, 0.1) is 13.2 Å². The lowest BCUT2D eigenvalue weighted by atomic mass is 9.89. The molecule has 1 aliphatic heterocycles. The second kappa shape index (κ2) is 4.49. The molecule has 0 saturated carbocycles. The minimum atomic E-state index is 0.307. The van der Waals surface area contributed by atoms with E-state index in [4.69, 9.17) is 4.74 Å². The molecular formula is C14H17NO2. The van der Waals surface area contributed by atoms with Crippen molar-refractivity contribution in [2.24, 2.45) is 0 Å². The SMILES string of the molecule is O=C1CCCc2c1cccc2N1CCOCC1. The molecule has 1 fully saturated rings. The van der Waals surface area contributed by atoms with E-state index < -0.39 is 0 Å². The van der Waals surface area contributed by atoms with E-state index in [2.05, 4.69) is 11.0 Å². The maximum Gasteiger partial charge on any atom is 0.163 e. The van der Waals surface area contributed by atoms with Crippen LogP contribution < -0.4 is 4.90 Å². The Bertz CT molecular complexity index is 436. The third kappa shape index (κ3) is 1.95. The summed E-state index contributed by atoms with van der Waals surface area (Å²) in [6.07, 6.45) is 2.74. The second-order valence-electron chi connectivity index (χ2n) is 4.68. The van der Waals surface area contributed by atoms with Crippen molar-refractivity contribution in [2.75, 3.05) is 31.2 Å². The van der Waals surface area contributed by atoms with Crippen LogP contribution >= 0.6 is 0 Å². The van der Waals surface area contributed by atoms with Gasteiger partial charge >= 0.3 is 0 Å². The Hall–Kier alpha value is -1.35. The van der Waals surface area contributed by atoms with Gasteiger partial charge in [-0.2, -0.15) is 0 Å². The van der Waals surface area contributed by atoms with Gasteiger partial charge in [-0.1, -0.05) is 12.1 Å². The van der Waals surface area contributed by atoms with Crippen molar-refractivity contribution in [2.45, 2.75) is 19.3 Å². The fourth-order valence-corrected chi connectivity index (χ4v) is 2.76. The molecule has 17 heavy (non-hydrogen) atoms. The summed E-state index contributed by atoms with van der Waals surface area (Å²) in [5.41, 5.74) is 3.45. The van der Waals surface area contributed by atoms with E-state index in [1.54, 1.807) is 0 Å². The summed E-state index contributed by atoms with van der Waals surface area (Å²) in [5, 5.41) is 0. The lowest BCUT2D eigenvalue weighted by Gasteiger charge is -2.32. The Kier molecular flexibility index (Phi) is 2.85. The zero-order chi connectivity index (χ0) is 11.7. The number of morpholine rings is 1. The highest BCUT2D eigenvalue weighted by Crippen LogP contribution is 2.30. The third-order valence-electron chi connectivity index (χ3n) is 3.63. The summed E-state index contributed by atoms with van der Waals surface area (Å²) in [6.45, 7) is 3.45. The Morgan fingerprint density at radius 3 is 2.76 bits per heavy atom. The van der Waals surface area contributed by atoms with E-state index in [-0.39, 0.29) is 0 Å². The van der Waals surface area contributed by atoms with Gasteiger partial charge in [-0.3, -0.25) is 4.79 Å². The van der Waals surface area contributed by atoms with E-state index in [0.717, 1.165) is 44.7 Å². The maximum absolute atomic E-state index is 11.9. The van der Waals surface area contributed by atoms with Crippen LogP contribution in [0.4, 0.5) is 5.69 Å². The van der Waals surface area contributed by atoms with E-state index in [0.29, 0.717) is 12.2 Å². The van der Waals surface area contributed by atoms with Crippen LogP contribution in [0.25, 0.3) is 0 Å². The first kappa shape index (κ1) is 10.8. The lowest BCUT2D eigenvalue weighted by Crippen LogP contribution is -2.37. The summed E-state index contributed by atoms with van der Waals surface area (Å²) in [4.78, 5) is 14.2. The summed E-state index contributed by atoms with van der Waals surface area (Å²) in [7, 11) is 0. The van der Waals surface area contributed by atoms with Crippen LogP contribution in [0.3, 0.4) is 0 Å². The number of hydrogen-bond acceptors (Lipinski definition) is 3. The fraction of sp³-hybridized carbons (Fsp3) is 0.500. The zero-order valence-corrected chi connectivity index (χ0v) is 9.95. The van der Waals surface area contributed by atoms with Gasteiger partial charge in [-0.05, 0) is 24.5 Å². The van der Waals surface area contributed by atoms with Crippen LogP contribution in [-0.4, -0.2) is 32.1 Å². The average Bonchev–Trinajstić information content (AvgIpc) is 2.40. The molecule has 0 radical (unpaired) electrons. The van der Waals surface area contributed by atoms with Crippen LogP contribution in [0.5, 0.6) is 0 Å². The minimum Gasteiger partial charge on any atom is -0.378 e. The van der Waals surface area contributed by atoms with Crippen molar-refractivity contribution in [3.05, 3.63) is 29.3 Å². The van der Waals surface area contributed by atoms with E-state index >= 15 is 0 Å². The predicted molar refractivity (Wildman–Crippen MR) is 66.7 cm³/mol. The summed E-state index contributed by atoms with van der Waals surface area (Å²) >= 11 is 0. The molecule has 1 heterocycles. The van der Waals surface area contributed by atoms with Gasteiger partial charge in [0.2, 0.25) is 0 Å². The highest BCUT2D eigenvalue weighted by molar-refractivity contribution is 5.99. The molecular weight excluding hydrogens is 214 g/mol. The smallest absolute Gasteiger partial charge is 0.163 e. The van der Waals surface area contributed by atoms with Crippen molar-refractivity contribution in [1.29, 1.82) is 0 Å². The molecule has 1 saturated heterocycles. The molecule has 90 valence electrons. The number of hydrogen-bond donors (Lipinski definition) is 0. The first-order valence-electron chi connectivity index (χ1n) is 6.34. The number of carbonyl (C=O) groups excluding carboxylic acids is 1. The molecule has 1 aromatic carbocycles. The van der Waals surface area contributed by atoms with Crippen molar-refractivity contribution in [3.63, 3.8) is 0 Å². The summed E-state index contributed by atoms with van der Waals surface area (Å²) < 4.78 is 5.38. The Labute approximate surface area is 101 Å². The Morgan fingerprint density at radius 1 is 1.12 bits per heavy atom. The highest BCUT2D eigenvalue weighted by Gasteiger charge is 2.22. The summed E-state index contributed by atoms with van der Waals surface area (Å²) in [6, 6.07) is 6.12. The Morgan fingerprint density at radius 2 is 1.94 bits per heavy atom. The molecule has 0 N–H and O–H groups in total. The van der Waals surface area contributed by atoms with Gasteiger partial charge < -0.3 is 9.64 Å². The molecule has 1 aromatic rings. The first-order valence-corrected chi connectivity index (χ1v) is 6.34. The molecule has 0 atom stereocenters. The first-order chi connectivity index (χ1) is 8.36. The molecule has 0 spiro atoms. The number of nitrogens with zero attached hydrogens (tertiary/aromatic N) is 1. The van der Waals surface area contributed by atoms with Gasteiger partial charge in [-0.25, -0.2) is 0 Å². The quantitative estimate of drug-likeness (QED) is 0.740. The molecule has 1 aliphatic carbocycles. The number of benzene rings is 1. The molecule has 3 rings (SSSR count). The zero-order valence-electron chi connectivity index (χ0n) is 9.95. The molecule has 3 nitrogen and oxygen atoms in total. The number of anilines is 1. The van der Waals surface area contributed by atoms with Gasteiger partial charge in [0.15, 0.2) is 5.78 Å². The summed E-state index contributed by atoms with van der Waals surface area (Å²) in [5.74, 6) is 0.307. The molecule has 0 aromatic heterocycles. The van der Waals surface area contributed by atoms with Gasteiger partial charge in [-0.15, -0.1) is 0 Å². The standard InChI is InChI=1S/C14H17NO2/c16-14-6-2-3-11-12(14)4-1-5-13(11)15-7-9-17-10-8-15/h1,4-5H,2-3,6-10H2. The van der Waals surface area contributed by atoms with Crippen molar-refractivity contribution in [1.82, 2.24) is 0 Å². The maximum atomic E-state index is 11.9. The predicted octanol–water partition coefficient (Wildman–Crippen LogP) is 2.04. The number of ketones is 1. The average molecular weight is 231 g/mol. The second-order valence-corrected chi connectivity index (χ2v) is 4.68. The minimum absolute atomic E-state index is 0.307. The Balaban J connectivity index is 1.99. The van der Waals surface area contributed by atoms with Crippen LogP contribution in [0.15, 0.2) is 18.2 Å². The van der Waals surface area contributed by atoms with Gasteiger partial charge in [0.1, 0.15) is 0 Å². The van der Waals surface area contributed by atoms with Crippen molar-refractivity contribution < 1.29 is 9.53 Å². The number of ether oxygens (including phenoxy) is 1. The van der Waals surface area contributed by atoms with Gasteiger partial charge in [0.25, 0.3) is 0 Å². The van der Waals surface area contributed by atoms with E-state index in [1.165, 1.54) is 11.3 Å². The van der Waals surface area contributed by atoms with Crippen LogP contribution in [-0.2, 0) is 11.2 Å². The van der Waals surface area contributed by atoms with Crippen LogP contribution in [0.2, 0.25) is 0 Å². The number of fused-ring (bicyclic) bond motifs is 1. The topological polar surface area (TPSA) is 29.5 Å². The lowest BCUT2D eigenvalue weighted by molar-refractivity contribution is 0.0972. The molecule has 2 aliphatic rings. The van der Waals surface area contributed by atoms with E-state index in [9.17, 15) is 4.79 Å². The van der Waals surface area contributed by atoms with Gasteiger partial charge in [0, 0.05) is 30.8 Å². The third-order valence-corrected chi connectivity index (χ3v) is 3.63. The number of rotatable bonds is 1. The molecule has 3 heteroatoms. The monoisotopic (exact) mass is 231 g/mol. The van der Waals surface area contributed by atoms with Crippen LogP contribution in [0, 0.1) is 0 Å². The number of Topliss-reactive ketones (excluding diaryl/α,β-unsaturated/α-hetero) is 1. The molecule has 0 bridgehead atoms. The fourth-order valence-electron chi connectivity index (χ4n) is 2.76.